The van der Waals surface area contributed by atoms with Crippen LogP contribution in [0.3, 0.4) is 0 Å². The largest absolute Gasteiger partial charge is 0.438 e. The molecule has 0 bridgehead atoms. The molecular formula is C14H15N5O. The third-order valence-corrected chi connectivity index (χ3v) is 3.26. The number of rotatable bonds is 2. The van der Waals surface area contributed by atoms with Crippen molar-refractivity contribution in [2.75, 3.05) is 5.73 Å². The van der Waals surface area contributed by atoms with Gasteiger partial charge in [0.15, 0.2) is 5.65 Å². The average Bonchev–Trinajstić information content (AvgIpc) is 2.79. The van der Waals surface area contributed by atoms with Crippen LogP contribution >= 0.6 is 0 Å². The summed E-state index contributed by atoms with van der Waals surface area (Å²) in [5.41, 5.74) is 9.31. The number of ether oxygens (including phenoxy) is 1. The van der Waals surface area contributed by atoms with Crippen LogP contribution in [0.25, 0.3) is 11.0 Å². The van der Waals surface area contributed by atoms with Crippen molar-refractivity contribution in [1.29, 1.82) is 0 Å². The summed E-state index contributed by atoms with van der Waals surface area (Å²) < 4.78 is 7.60. The molecule has 0 spiro atoms. The SMILES string of the molecule is Cc1cc(Oc2ncnc3c2cnn3C)c(C)cc1N. The molecule has 3 aromatic rings. The van der Waals surface area contributed by atoms with E-state index >= 15 is 0 Å². The topological polar surface area (TPSA) is 78.9 Å². The Hall–Kier alpha value is -2.63. The lowest BCUT2D eigenvalue weighted by Crippen LogP contribution is -1.97. The molecule has 20 heavy (non-hydrogen) atoms. The lowest BCUT2D eigenvalue weighted by atomic mass is 10.1. The van der Waals surface area contributed by atoms with E-state index in [-0.39, 0.29) is 0 Å². The van der Waals surface area contributed by atoms with Crippen LogP contribution in [0.5, 0.6) is 11.6 Å². The molecule has 0 aliphatic carbocycles. The molecule has 0 amide bonds. The minimum absolute atomic E-state index is 0.496. The van der Waals surface area contributed by atoms with Crippen molar-refractivity contribution in [3.8, 4) is 11.6 Å². The van der Waals surface area contributed by atoms with E-state index in [1.807, 2.05) is 33.0 Å². The van der Waals surface area contributed by atoms with Gasteiger partial charge >= 0.3 is 0 Å². The van der Waals surface area contributed by atoms with Crippen LogP contribution < -0.4 is 10.5 Å². The first kappa shape index (κ1) is 12.4. The minimum atomic E-state index is 0.496. The van der Waals surface area contributed by atoms with Gasteiger partial charge in [-0.25, -0.2) is 9.97 Å². The molecule has 0 atom stereocenters. The van der Waals surface area contributed by atoms with Crippen molar-refractivity contribution in [3.05, 3.63) is 35.8 Å². The quantitative estimate of drug-likeness (QED) is 0.722. The fourth-order valence-corrected chi connectivity index (χ4v) is 2.05. The molecule has 2 aromatic heterocycles. The van der Waals surface area contributed by atoms with Gasteiger partial charge in [0.2, 0.25) is 5.88 Å². The van der Waals surface area contributed by atoms with Crippen LogP contribution in [0.2, 0.25) is 0 Å². The van der Waals surface area contributed by atoms with E-state index in [1.54, 1.807) is 10.9 Å². The Morgan fingerprint density at radius 3 is 2.75 bits per heavy atom. The van der Waals surface area contributed by atoms with Crippen LogP contribution in [0.15, 0.2) is 24.7 Å². The number of fused-ring (bicyclic) bond motifs is 1. The van der Waals surface area contributed by atoms with Gasteiger partial charge in [-0.2, -0.15) is 5.10 Å². The molecule has 0 aliphatic rings. The first-order chi connectivity index (χ1) is 9.56. The van der Waals surface area contributed by atoms with Gasteiger partial charge in [-0.1, -0.05) is 0 Å². The summed E-state index contributed by atoms with van der Waals surface area (Å²) in [6.45, 7) is 3.90. The molecular weight excluding hydrogens is 254 g/mol. The molecule has 2 heterocycles. The first-order valence-electron chi connectivity index (χ1n) is 6.23. The van der Waals surface area contributed by atoms with Crippen molar-refractivity contribution < 1.29 is 4.74 Å². The third-order valence-electron chi connectivity index (χ3n) is 3.26. The molecule has 3 rings (SSSR count). The zero-order valence-corrected chi connectivity index (χ0v) is 11.6. The monoisotopic (exact) mass is 269 g/mol. The fourth-order valence-electron chi connectivity index (χ4n) is 2.05. The van der Waals surface area contributed by atoms with E-state index in [4.69, 9.17) is 10.5 Å². The summed E-state index contributed by atoms with van der Waals surface area (Å²) in [7, 11) is 1.83. The number of nitrogens with two attached hydrogens (primary N) is 1. The normalized spacial score (nSPS) is 10.9. The molecule has 2 N–H and O–H groups in total. The van der Waals surface area contributed by atoms with Crippen LogP contribution in [-0.4, -0.2) is 19.7 Å². The third kappa shape index (κ3) is 1.95. The maximum absolute atomic E-state index is 5.91. The van der Waals surface area contributed by atoms with Gasteiger partial charge in [-0.05, 0) is 37.1 Å². The predicted molar refractivity (Wildman–Crippen MR) is 76.7 cm³/mol. The number of hydrogen-bond donors (Lipinski definition) is 1. The maximum atomic E-state index is 5.91. The molecule has 0 saturated carbocycles. The molecule has 102 valence electrons. The number of benzene rings is 1. The van der Waals surface area contributed by atoms with Crippen molar-refractivity contribution in [3.63, 3.8) is 0 Å². The standard InChI is InChI=1S/C14H15N5O/c1-8-5-12(9(2)4-11(8)15)20-14-10-6-18-19(3)13(10)16-7-17-14/h4-7H,15H2,1-3H3. The van der Waals surface area contributed by atoms with Crippen molar-refractivity contribution in [2.45, 2.75) is 13.8 Å². The zero-order chi connectivity index (χ0) is 14.3. The van der Waals surface area contributed by atoms with E-state index in [9.17, 15) is 0 Å². The highest BCUT2D eigenvalue weighted by Gasteiger charge is 2.11. The average molecular weight is 269 g/mol. The van der Waals surface area contributed by atoms with Crippen LogP contribution in [0, 0.1) is 13.8 Å². The Balaban J connectivity index is 2.08. The van der Waals surface area contributed by atoms with E-state index in [0.717, 1.165) is 33.6 Å². The van der Waals surface area contributed by atoms with E-state index in [1.165, 1.54) is 6.33 Å². The highest BCUT2D eigenvalue weighted by Crippen LogP contribution is 2.30. The number of hydrogen-bond acceptors (Lipinski definition) is 5. The van der Waals surface area contributed by atoms with Gasteiger partial charge in [0.05, 0.1) is 6.20 Å². The van der Waals surface area contributed by atoms with Gasteiger partial charge in [-0.3, -0.25) is 4.68 Å². The fraction of sp³-hybridized carbons (Fsp3) is 0.214. The Bertz CT molecular complexity index is 794. The number of anilines is 1. The van der Waals surface area contributed by atoms with Crippen LogP contribution in [0.1, 0.15) is 11.1 Å². The van der Waals surface area contributed by atoms with Crippen LogP contribution in [0.4, 0.5) is 5.69 Å². The number of nitrogens with zero attached hydrogens (tertiary/aromatic N) is 4. The second-order valence-corrected chi connectivity index (χ2v) is 4.76. The Morgan fingerprint density at radius 2 is 1.95 bits per heavy atom. The molecule has 0 saturated heterocycles. The molecule has 0 radical (unpaired) electrons. The summed E-state index contributed by atoms with van der Waals surface area (Å²) in [6, 6.07) is 3.81. The van der Waals surface area contributed by atoms with Crippen molar-refractivity contribution in [1.82, 2.24) is 19.7 Å². The second-order valence-electron chi connectivity index (χ2n) is 4.76. The maximum Gasteiger partial charge on any atom is 0.233 e. The molecule has 0 aliphatic heterocycles. The molecule has 0 fully saturated rings. The molecule has 6 nitrogen and oxygen atoms in total. The van der Waals surface area contributed by atoms with Crippen molar-refractivity contribution >= 4 is 16.7 Å². The summed E-state index contributed by atoms with van der Waals surface area (Å²) >= 11 is 0. The summed E-state index contributed by atoms with van der Waals surface area (Å²) in [6.07, 6.45) is 3.17. The number of nitrogen functional groups attached to an aromatic ring is 1. The lowest BCUT2D eigenvalue weighted by molar-refractivity contribution is 0.464. The second kappa shape index (κ2) is 4.48. The van der Waals surface area contributed by atoms with Gasteiger partial charge in [0.25, 0.3) is 0 Å². The smallest absolute Gasteiger partial charge is 0.233 e. The summed E-state index contributed by atoms with van der Waals surface area (Å²) in [5.74, 6) is 1.23. The van der Waals surface area contributed by atoms with Gasteiger partial charge in [-0.15, -0.1) is 0 Å². The highest BCUT2D eigenvalue weighted by molar-refractivity contribution is 5.80. The van der Waals surface area contributed by atoms with E-state index in [0.29, 0.717) is 5.88 Å². The number of aryl methyl sites for hydroxylation is 3. The van der Waals surface area contributed by atoms with Crippen LogP contribution in [-0.2, 0) is 7.05 Å². The Labute approximate surface area is 116 Å². The minimum Gasteiger partial charge on any atom is -0.438 e. The van der Waals surface area contributed by atoms with Crippen molar-refractivity contribution in [2.24, 2.45) is 7.05 Å². The molecule has 6 heteroatoms. The summed E-state index contributed by atoms with van der Waals surface area (Å²) in [4.78, 5) is 8.38. The van der Waals surface area contributed by atoms with Gasteiger partial charge in [0, 0.05) is 12.7 Å². The van der Waals surface area contributed by atoms with Gasteiger partial charge < -0.3 is 10.5 Å². The Morgan fingerprint density at radius 1 is 1.15 bits per heavy atom. The molecule has 0 unspecified atom stereocenters. The predicted octanol–water partition coefficient (Wildman–Crippen LogP) is 2.35. The first-order valence-corrected chi connectivity index (χ1v) is 6.23. The summed E-state index contributed by atoms with van der Waals surface area (Å²) in [5, 5.41) is 4.95. The van der Waals surface area contributed by atoms with E-state index in [2.05, 4.69) is 15.1 Å². The van der Waals surface area contributed by atoms with E-state index < -0.39 is 0 Å². The number of aromatic nitrogens is 4. The van der Waals surface area contributed by atoms with Gasteiger partial charge in [0.1, 0.15) is 17.5 Å². The highest BCUT2D eigenvalue weighted by atomic mass is 16.5. The zero-order valence-electron chi connectivity index (χ0n) is 11.6. The Kier molecular flexibility index (Phi) is 2.78. The molecule has 1 aromatic carbocycles. The lowest BCUT2D eigenvalue weighted by Gasteiger charge is -2.10.